The van der Waals surface area contributed by atoms with Gasteiger partial charge in [-0.3, -0.25) is 19.6 Å². The number of hydrogen-bond acceptors (Lipinski definition) is 4. The fourth-order valence-corrected chi connectivity index (χ4v) is 9.63. The van der Waals surface area contributed by atoms with Crippen molar-refractivity contribution in [2.75, 3.05) is 0 Å². The number of carbonyl (C=O) groups excluding carboxylic acids is 1. The first-order valence-corrected chi connectivity index (χ1v) is 12.5. The van der Waals surface area contributed by atoms with E-state index in [0.29, 0.717) is 11.8 Å². The second-order valence-electron chi connectivity index (χ2n) is 12.1. The first-order valence-electron chi connectivity index (χ1n) is 12.5. The number of nitrogens with one attached hydrogen (secondary N) is 1. The van der Waals surface area contributed by atoms with Crippen molar-refractivity contribution in [2.24, 2.45) is 41.4 Å². The van der Waals surface area contributed by atoms with E-state index in [1.54, 1.807) is 6.20 Å². The van der Waals surface area contributed by atoms with Crippen LogP contribution < -0.4 is 5.32 Å². The minimum absolute atomic E-state index is 0.0366. The number of nitrogens with zero attached hydrogens (tertiary/aromatic N) is 3. The largest absolute Gasteiger partial charge is 0.347 e. The Morgan fingerprint density at radius 3 is 1.97 bits per heavy atom. The first kappa shape index (κ1) is 18.6. The van der Waals surface area contributed by atoms with Gasteiger partial charge in [-0.25, -0.2) is 0 Å². The van der Waals surface area contributed by atoms with Crippen LogP contribution >= 0.6 is 0 Å². The van der Waals surface area contributed by atoms with E-state index in [4.69, 9.17) is 0 Å². The molecule has 1 amide bonds. The maximum Gasteiger partial charge on any atom is 0.320 e. The summed E-state index contributed by atoms with van der Waals surface area (Å²) in [6.07, 6.45) is 14.9. The van der Waals surface area contributed by atoms with Crippen LogP contribution in [0.15, 0.2) is 6.20 Å². The monoisotopic (exact) mass is 424 g/mol. The number of aromatic nitrogens is 2. The Balaban J connectivity index is 1.18. The van der Waals surface area contributed by atoms with Gasteiger partial charge in [0.05, 0.1) is 10.5 Å². The molecule has 8 fully saturated rings. The van der Waals surface area contributed by atoms with Gasteiger partial charge in [-0.1, -0.05) is 0 Å². The standard InChI is InChI=1S/C24H32N4O3/c29-23(25-21-18-5-13-1-14(7-18)8-19(21)6-13)22-20(28(30)31)12-27(26-22)24-9-15-2-16(10-24)4-17(3-15)11-24/h12-19,21H,1-11H2,(H,25,29). The molecule has 1 N–H and O–H groups in total. The summed E-state index contributed by atoms with van der Waals surface area (Å²) >= 11 is 0. The lowest BCUT2D eigenvalue weighted by Crippen LogP contribution is -2.56. The minimum Gasteiger partial charge on any atom is -0.347 e. The SMILES string of the molecule is O=C(NC1C2CC3CC(C2)CC1C3)c1nn(C23CC4CC(CC(C4)C2)C3)cc1[N+](=O)[O-]. The first-order chi connectivity index (χ1) is 15.0. The average molecular weight is 425 g/mol. The Morgan fingerprint density at radius 1 is 0.935 bits per heavy atom. The van der Waals surface area contributed by atoms with E-state index in [0.717, 1.165) is 48.9 Å². The normalized spacial score (nSPS) is 46.5. The van der Waals surface area contributed by atoms with Crippen molar-refractivity contribution in [3.63, 3.8) is 0 Å². The number of rotatable bonds is 4. The van der Waals surface area contributed by atoms with Crippen LogP contribution in [0.5, 0.6) is 0 Å². The van der Waals surface area contributed by atoms with Crippen LogP contribution in [0, 0.1) is 51.5 Å². The number of nitro groups is 1. The summed E-state index contributed by atoms with van der Waals surface area (Å²) in [4.78, 5) is 24.8. The fraction of sp³-hybridized carbons (Fsp3) is 0.833. The van der Waals surface area contributed by atoms with E-state index < -0.39 is 4.92 Å². The molecule has 0 aromatic carbocycles. The smallest absolute Gasteiger partial charge is 0.320 e. The second-order valence-corrected chi connectivity index (χ2v) is 12.1. The predicted molar refractivity (Wildman–Crippen MR) is 113 cm³/mol. The van der Waals surface area contributed by atoms with Crippen LogP contribution in [-0.4, -0.2) is 26.7 Å². The van der Waals surface area contributed by atoms with Gasteiger partial charge in [-0.05, 0) is 112 Å². The molecule has 7 nitrogen and oxygen atoms in total. The Morgan fingerprint density at radius 2 is 1.45 bits per heavy atom. The molecule has 8 saturated carbocycles. The third-order valence-electron chi connectivity index (χ3n) is 10.1. The number of amides is 1. The summed E-state index contributed by atoms with van der Waals surface area (Å²) < 4.78 is 1.86. The van der Waals surface area contributed by atoms with Crippen LogP contribution in [0.25, 0.3) is 0 Å². The highest BCUT2D eigenvalue weighted by Crippen LogP contribution is 2.59. The zero-order valence-corrected chi connectivity index (χ0v) is 18.0. The molecule has 9 rings (SSSR count). The van der Waals surface area contributed by atoms with Crippen molar-refractivity contribution in [1.82, 2.24) is 15.1 Å². The summed E-state index contributed by atoms with van der Waals surface area (Å²) in [6, 6.07) is 0.171. The van der Waals surface area contributed by atoms with Crippen LogP contribution in [0.1, 0.15) is 81.1 Å². The molecule has 8 bridgehead atoms. The van der Waals surface area contributed by atoms with Crippen LogP contribution in [0.2, 0.25) is 0 Å². The Hall–Kier alpha value is -1.92. The molecule has 1 aromatic heterocycles. The van der Waals surface area contributed by atoms with E-state index in [-0.39, 0.29) is 28.9 Å². The lowest BCUT2D eigenvalue weighted by atomic mass is 9.53. The zero-order valence-electron chi connectivity index (χ0n) is 18.0. The fourth-order valence-electron chi connectivity index (χ4n) is 9.63. The third kappa shape index (κ3) is 2.77. The highest BCUT2D eigenvalue weighted by atomic mass is 16.6. The average Bonchev–Trinajstić information content (AvgIpc) is 3.16. The topological polar surface area (TPSA) is 90.1 Å². The van der Waals surface area contributed by atoms with Crippen molar-refractivity contribution >= 4 is 11.6 Å². The summed E-state index contributed by atoms with van der Waals surface area (Å²) in [5.41, 5.74) is -0.188. The van der Waals surface area contributed by atoms with Gasteiger partial charge in [0.2, 0.25) is 5.69 Å². The number of hydrogen-bond donors (Lipinski definition) is 1. The molecular weight excluding hydrogens is 392 g/mol. The third-order valence-corrected chi connectivity index (χ3v) is 10.1. The molecule has 8 aliphatic rings. The Labute approximate surface area is 182 Å². The molecule has 166 valence electrons. The van der Waals surface area contributed by atoms with Gasteiger partial charge in [0.1, 0.15) is 6.20 Å². The molecule has 7 heteroatoms. The maximum atomic E-state index is 13.3. The summed E-state index contributed by atoms with van der Waals surface area (Å²) in [5, 5.41) is 19.8. The molecule has 0 unspecified atom stereocenters. The van der Waals surface area contributed by atoms with Crippen molar-refractivity contribution in [2.45, 2.75) is 82.2 Å². The predicted octanol–water partition coefficient (Wildman–Crippen LogP) is 4.27. The van der Waals surface area contributed by atoms with Gasteiger partial charge in [-0.15, -0.1) is 0 Å². The van der Waals surface area contributed by atoms with Crippen LogP contribution in [-0.2, 0) is 5.54 Å². The van der Waals surface area contributed by atoms with Crippen molar-refractivity contribution in [3.05, 3.63) is 22.0 Å². The minimum atomic E-state index is -0.407. The van der Waals surface area contributed by atoms with Crippen LogP contribution in [0.3, 0.4) is 0 Å². The maximum absolute atomic E-state index is 13.3. The van der Waals surface area contributed by atoms with Crippen LogP contribution in [0.4, 0.5) is 5.69 Å². The molecule has 0 radical (unpaired) electrons. The molecule has 0 atom stereocenters. The van der Waals surface area contributed by atoms with Crippen molar-refractivity contribution in [1.29, 1.82) is 0 Å². The second kappa shape index (κ2) is 6.32. The molecule has 1 aromatic rings. The molecule has 8 aliphatic carbocycles. The highest BCUT2D eigenvalue weighted by Gasteiger charge is 2.53. The molecule has 0 spiro atoms. The molecule has 1 heterocycles. The van der Waals surface area contributed by atoms with E-state index >= 15 is 0 Å². The lowest BCUT2D eigenvalue weighted by molar-refractivity contribution is -0.385. The summed E-state index contributed by atoms with van der Waals surface area (Å²) in [6.45, 7) is 0. The molecule has 0 aliphatic heterocycles. The summed E-state index contributed by atoms with van der Waals surface area (Å²) in [7, 11) is 0. The van der Waals surface area contributed by atoms with E-state index in [1.807, 2.05) is 4.68 Å². The summed E-state index contributed by atoms with van der Waals surface area (Å²) in [5.74, 6) is 4.60. The number of carbonyl (C=O) groups is 1. The van der Waals surface area contributed by atoms with Gasteiger partial charge in [0, 0.05) is 6.04 Å². The highest BCUT2D eigenvalue weighted by molar-refractivity contribution is 5.96. The molecular formula is C24H32N4O3. The zero-order chi connectivity index (χ0) is 20.9. The van der Waals surface area contributed by atoms with Gasteiger partial charge in [-0.2, -0.15) is 5.10 Å². The van der Waals surface area contributed by atoms with E-state index in [1.165, 1.54) is 51.4 Å². The van der Waals surface area contributed by atoms with Crippen molar-refractivity contribution < 1.29 is 9.72 Å². The molecule has 0 saturated heterocycles. The lowest BCUT2D eigenvalue weighted by Gasteiger charge is -2.56. The van der Waals surface area contributed by atoms with Gasteiger partial charge in [0.15, 0.2) is 0 Å². The Bertz CT molecular complexity index is 889. The molecule has 31 heavy (non-hydrogen) atoms. The van der Waals surface area contributed by atoms with Gasteiger partial charge in [0.25, 0.3) is 5.91 Å². The van der Waals surface area contributed by atoms with E-state index in [9.17, 15) is 14.9 Å². The Kier molecular flexibility index (Phi) is 3.80. The van der Waals surface area contributed by atoms with Gasteiger partial charge < -0.3 is 5.32 Å². The quantitative estimate of drug-likeness (QED) is 0.577. The van der Waals surface area contributed by atoms with Gasteiger partial charge >= 0.3 is 5.69 Å². The van der Waals surface area contributed by atoms with E-state index in [2.05, 4.69) is 10.4 Å². The van der Waals surface area contributed by atoms with Crippen molar-refractivity contribution in [3.8, 4) is 0 Å².